The minimum atomic E-state index is 1.34. The summed E-state index contributed by atoms with van der Waals surface area (Å²) in [5.41, 5.74) is 0. The van der Waals surface area contributed by atoms with E-state index in [0.29, 0.717) is 0 Å². The van der Waals surface area contributed by atoms with Crippen LogP contribution in [0.3, 0.4) is 0 Å². The molecule has 0 bridgehead atoms. The molecule has 140 valence electrons. The summed E-state index contributed by atoms with van der Waals surface area (Å²) >= 11 is 2.48. The van der Waals surface area contributed by atoms with E-state index in [1.165, 1.54) is 101 Å². The number of unbranched alkanes of at least 4 members (excludes halogenated alkanes) is 14. The second-order valence-corrected chi connectivity index (χ2v) is 7.74. The van der Waals surface area contributed by atoms with Crippen molar-refractivity contribution < 1.29 is 0 Å². The van der Waals surface area contributed by atoms with Crippen LogP contribution >= 0.6 is 22.6 Å². The lowest BCUT2D eigenvalue weighted by Crippen LogP contribution is -1.83. The van der Waals surface area contributed by atoms with Crippen molar-refractivity contribution in [3.63, 3.8) is 0 Å². The Morgan fingerprint density at radius 2 is 0.917 bits per heavy atom. The van der Waals surface area contributed by atoms with Crippen molar-refractivity contribution in [2.24, 2.45) is 0 Å². The van der Waals surface area contributed by atoms with Gasteiger partial charge in [0, 0.05) is 12.4 Å². The zero-order chi connectivity index (χ0) is 17.6. The first kappa shape index (κ1) is 23.9. The van der Waals surface area contributed by atoms with Crippen LogP contribution in [0.2, 0.25) is 0 Å². The predicted octanol–water partition coefficient (Wildman–Crippen LogP) is 8.37. The highest BCUT2D eigenvalue weighted by molar-refractivity contribution is 14.1. The van der Waals surface area contributed by atoms with Crippen LogP contribution in [0, 0.1) is 0 Å². The lowest BCUT2D eigenvalue weighted by Gasteiger charge is -2.02. The first-order valence-corrected chi connectivity index (χ1v) is 11.8. The Kier molecular flexibility index (Phi) is 22.8. The molecule has 1 aromatic rings. The van der Waals surface area contributed by atoms with Gasteiger partial charge in [0.2, 0.25) is 0 Å². The highest BCUT2D eigenvalue weighted by atomic mass is 127. The number of nitrogens with zero attached hydrogens (tertiary/aromatic N) is 1. The van der Waals surface area contributed by atoms with Crippen LogP contribution < -0.4 is 0 Å². The highest BCUT2D eigenvalue weighted by Gasteiger charge is 1.93. The van der Waals surface area contributed by atoms with E-state index in [1.54, 1.807) is 12.4 Å². The first-order valence-electron chi connectivity index (χ1n) is 10.3. The lowest BCUT2D eigenvalue weighted by molar-refractivity contribution is 0.535. The molecule has 0 fully saturated rings. The molecule has 1 nitrogen and oxygen atoms in total. The largest absolute Gasteiger partial charge is 0.265 e. The molecule has 0 radical (unpaired) electrons. The van der Waals surface area contributed by atoms with E-state index in [9.17, 15) is 0 Å². The van der Waals surface area contributed by atoms with Crippen molar-refractivity contribution in [3.8, 4) is 0 Å². The number of hydrogen-bond donors (Lipinski definition) is 0. The number of hydrogen-bond acceptors (Lipinski definition) is 1. The average molecular weight is 445 g/mol. The standard InChI is InChI=1S/C17H35I.C5H5N/c1-2-3-4-5-6-7-8-9-10-11-12-13-14-15-16-17-18;1-2-4-6-5-3-1/h2-17H2,1H3;1-5H. The molecule has 0 saturated carbocycles. The Hall–Kier alpha value is -0.120. The Morgan fingerprint density at radius 1 is 0.542 bits per heavy atom. The van der Waals surface area contributed by atoms with Gasteiger partial charge < -0.3 is 0 Å². The number of alkyl halides is 1. The summed E-state index contributed by atoms with van der Waals surface area (Å²) < 4.78 is 1.34. The smallest absolute Gasteiger partial charge is 0.0267 e. The fourth-order valence-electron chi connectivity index (χ4n) is 2.78. The van der Waals surface area contributed by atoms with Crippen LogP contribution in [0.5, 0.6) is 0 Å². The fourth-order valence-corrected chi connectivity index (χ4v) is 3.32. The van der Waals surface area contributed by atoms with Crippen LogP contribution in [0.4, 0.5) is 0 Å². The van der Waals surface area contributed by atoms with Gasteiger partial charge in [-0.25, -0.2) is 0 Å². The summed E-state index contributed by atoms with van der Waals surface area (Å²) in [4.78, 5) is 3.78. The van der Waals surface area contributed by atoms with E-state index in [0.717, 1.165) is 0 Å². The Balaban J connectivity index is 0.000000728. The third kappa shape index (κ3) is 21.9. The van der Waals surface area contributed by atoms with Gasteiger partial charge in [0.1, 0.15) is 0 Å². The van der Waals surface area contributed by atoms with Gasteiger partial charge in [0.25, 0.3) is 0 Å². The molecule has 0 aliphatic heterocycles. The average Bonchev–Trinajstić information content (AvgIpc) is 2.64. The molecular weight excluding hydrogens is 405 g/mol. The minimum absolute atomic E-state index is 1.34. The fraction of sp³-hybridized carbons (Fsp3) is 0.773. The van der Waals surface area contributed by atoms with Crippen molar-refractivity contribution in [1.29, 1.82) is 0 Å². The molecule has 0 amide bonds. The van der Waals surface area contributed by atoms with E-state index in [-0.39, 0.29) is 0 Å². The molecule has 1 aromatic heterocycles. The normalized spacial score (nSPS) is 10.2. The van der Waals surface area contributed by atoms with Crippen LogP contribution in [0.1, 0.15) is 103 Å². The Labute approximate surface area is 165 Å². The Morgan fingerprint density at radius 3 is 1.17 bits per heavy atom. The second-order valence-electron chi connectivity index (χ2n) is 6.66. The van der Waals surface area contributed by atoms with Crippen LogP contribution in [-0.4, -0.2) is 9.41 Å². The molecular formula is C22H40IN. The topological polar surface area (TPSA) is 12.9 Å². The number of halogens is 1. The third-order valence-electron chi connectivity index (χ3n) is 4.30. The third-order valence-corrected chi connectivity index (χ3v) is 5.07. The van der Waals surface area contributed by atoms with Crippen molar-refractivity contribution >= 4 is 22.6 Å². The van der Waals surface area contributed by atoms with Crippen molar-refractivity contribution in [3.05, 3.63) is 30.6 Å². The molecule has 0 unspecified atom stereocenters. The van der Waals surface area contributed by atoms with Gasteiger partial charge in [-0.15, -0.1) is 0 Å². The summed E-state index contributed by atoms with van der Waals surface area (Å²) in [6.07, 6.45) is 25.5. The molecule has 0 N–H and O–H groups in total. The number of pyridine rings is 1. The van der Waals surface area contributed by atoms with Gasteiger partial charge in [-0.1, -0.05) is 125 Å². The summed E-state index contributed by atoms with van der Waals surface area (Å²) in [5.74, 6) is 0. The Bertz CT molecular complexity index is 259. The quantitative estimate of drug-likeness (QED) is 0.150. The van der Waals surface area contributed by atoms with Crippen molar-refractivity contribution in [1.82, 2.24) is 4.98 Å². The summed E-state index contributed by atoms with van der Waals surface area (Å²) in [6, 6.07) is 5.72. The maximum absolute atomic E-state index is 3.78. The summed E-state index contributed by atoms with van der Waals surface area (Å²) in [7, 11) is 0. The lowest BCUT2D eigenvalue weighted by atomic mass is 10.0. The zero-order valence-corrected chi connectivity index (χ0v) is 18.2. The second kappa shape index (κ2) is 22.9. The molecule has 1 heterocycles. The molecule has 0 aliphatic rings. The van der Waals surface area contributed by atoms with Gasteiger partial charge in [-0.05, 0) is 23.0 Å². The van der Waals surface area contributed by atoms with Gasteiger partial charge >= 0.3 is 0 Å². The molecule has 24 heavy (non-hydrogen) atoms. The maximum atomic E-state index is 3.78. The first-order chi connectivity index (χ1) is 11.9. The van der Waals surface area contributed by atoms with Gasteiger partial charge in [-0.3, -0.25) is 4.98 Å². The molecule has 0 saturated heterocycles. The van der Waals surface area contributed by atoms with Crippen LogP contribution in [-0.2, 0) is 0 Å². The van der Waals surface area contributed by atoms with E-state index < -0.39 is 0 Å². The molecule has 0 aliphatic carbocycles. The summed E-state index contributed by atoms with van der Waals surface area (Å²) in [6.45, 7) is 2.29. The van der Waals surface area contributed by atoms with E-state index >= 15 is 0 Å². The SMILES string of the molecule is CCCCCCCCCCCCCCCCCI.c1ccncc1. The maximum Gasteiger partial charge on any atom is 0.0267 e. The minimum Gasteiger partial charge on any atom is -0.265 e. The van der Waals surface area contributed by atoms with Crippen LogP contribution in [0.15, 0.2) is 30.6 Å². The van der Waals surface area contributed by atoms with E-state index in [2.05, 4.69) is 34.5 Å². The van der Waals surface area contributed by atoms with Crippen molar-refractivity contribution in [2.45, 2.75) is 103 Å². The monoisotopic (exact) mass is 445 g/mol. The van der Waals surface area contributed by atoms with Gasteiger partial charge in [0.05, 0.1) is 0 Å². The van der Waals surface area contributed by atoms with E-state index in [1.807, 2.05) is 18.2 Å². The molecule has 1 rings (SSSR count). The molecule has 0 atom stereocenters. The van der Waals surface area contributed by atoms with Crippen molar-refractivity contribution in [2.75, 3.05) is 4.43 Å². The molecule has 0 aromatic carbocycles. The predicted molar refractivity (Wildman–Crippen MR) is 118 cm³/mol. The zero-order valence-electron chi connectivity index (χ0n) is 16.0. The van der Waals surface area contributed by atoms with Gasteiger partial charge in [-0.2, -0.15) is 0 Å². The van der Waals surface area contributed by atoms with Crippen LogP contribution in [0.25, 0.3) is 0 Å². The number of rotatable bonds is 15. The number of aromatic nitrogens is 1. The highest BCUT2D eigenvalue weighted by Crippen LogP contribution is 2.13. The molecule has 2 heteroatoms. The van der Waals surface area contributed by atoms with E-state index in [4.69, 9.17) is 0 Å². The summed E-state index contributed by atoms with van der Waals surface area (Å²) in [5, 5.41) is 0. The van der Waals surface area contributed by atoms with Gasteiger partial charge in [0.15, 0.2) is 0 Å². The molecule has 0 spiro atoms.